The predicted octanol–water partition coefficient (Wildman–Crippen LogP) is 5.21. The first-order valence-electron chi connectivity index (χ1n) is 10.4. The van der Waals surface area contributed by atoms with E-state index in [1.54, 1.807) is 49.0 Å². The van der Waals surface area contributed by atoms with Gasteiger partial charge >= 0.3 is 0 Å². The van der Waals surface area contributed by atoms with Crippen LogP contribution < -0.4 is 4.90 Å². The van der Waals surface area contributed by atoms with Gasteiger partial charge < -0.3 is 4.90 Å². The molecule has 168 valence electrons. The first-order chi connectivity index (χ1) is 15.7. The van der Waals surface area contributed by atoms with Crippen LogP contribution in [0.3, 0.4) is 0 Å². The van der Waals surface area contributed by atoms with E-state index in [-0.39, 0.29) is 21.2 Å². The second kappa shape index (κ2) is 8.70. The SMILES string of the molecule is Cc1ccc(CN(Cc2ccc(C)c([N+](=O)[O-])c2)c2ccc3c(cnn3C)c2)cc1[N+](=O)[O-]. The van der Waals surface area contributed by atoms with Crippen LogP contribution in [0.4, 0.5) is 17.1 Å². The maximum atomic E-state index is 11.4. The standard InChI is InChI=1S/C24H23N5O4/c1-16-4-6-18(10-23(16)28(30)31)14-27(15-19-7-5-17(2)24(11-19)29(32)33)21-8-9-22-20(12-21)13-25-26(22)3/h4-13H,14-15H2,1-3H3. The summed E-state index contributed by atoms with van der Waals surface area (Å²) in [6.07, 6.45) is 1.78. The summed E-state index contributed by atoms with van der Waals surface area (Å²) < 4.78 is 1.79. The maximum Gasteiger partial charge on any atom is 0.272 e. The lowest BCUT2D eigenvalue weighted by Gasteiger charge is -2.25. The summed E-state index contributed by atoms with van der Waals surface area (Å²) in [6.45, 7) is 4.21. The quantitative estimate of drug-likeness (QED) is 0.285. The molecule has 0 aliphatic heterocycles. The molecule has 0 saturated heterocycles. The van der Waals surface area contributed by atoms with Gasteiger partial charge in [0, 0.05) is 54.5 Å². The van der Waals surface area contributed by atoms with E-state index in [1.807, 2.05) is 37.4 Å². The van der Waals surface area contributed by atoms with E-state index in [4.69, 9.17) is 0 Å². The lowest BCUT2D eigenvalue weighted by molar-refractivity contribution is -0.385. The molecule has 9 nitrogen and oxygen atoms in total. The molecule has 0 unspecified atom stereocenters. The summed E-state index contributed by atoms with van der Waals surface area (Å²) in [6, 6.07) is 16.3. The molecular formula is C24H23N5O4. The van der Waals surface area contributed by atoms with E-state index < -0.39 is 0 Å². The number of anilines is 1. The van der Waals surface area contributed by atoms with Crippen molar-refractivity contribution >= 4 is 28.0 Å². The van der Waals surface area contributed by atoms with Gasteiger partial charge in [-0.3, -0.25) is 24.9 Å². The third-order valence-corrected chi connectivity index (χ3v) is 5.78. The lowest BCUT2D eigenvalue weighted by Crippen LogP contribution is -2.22. The highest BCUT2D eigenvalue weighted by atomic mass is 16.6. The molecule has 3 aromatic carbocycles. The Morgan fingerprint density at radius 2 is 1.39 bits per heavy atom. The van der Waals surface area contributed by atoms with Gasteiger partial charge in [-0.15, -0.1) is 0 Å². The molecule has 4 rings (SSSR count). The Hall–Kier alpha value is -4.27. The van der Waals surface area contributed by atoms with Crippen LogP contribution in [0.25, 0.3) is 10.9 Å². The average molecular weight is 445 g/mol. The number of hydrogen-bond donors (Lipinski definition) is 0. The fraction of sp³-hybridized carbons (Fsp3) is 0.208. The summed E-state index contributed by atoms with van der Waals surface area (Å²) in [4.78, 5) is 24.1. The monoisotopic (exact) mass is 445 g/mol. The number of nitro groups is 2. The van der Waals surface area contributed by atoms with Gasteiger partial charge in [0.2, 0.25) is 0 Å². The molecule has 1 heterocycles. The van der Waals surface area contributed by atoms with E-state index in [9.17, 15) is 20.2 Å². The minimum absolute atomic E-state index is 0.0705. The van der Waals surface area contributed by atoms with E-state index in [2.05, 4.69) is 10.00 Å². The number of nitrogens with zero attached hydrogens (tertiary/aromatic N) is 5. The highest BCUT2D eigenvalue weighted by Gasteiger charge is 2.17. The van der Waals surface area contributed by atoms with Gasteiger partial charge in [0.15, 0.2) is 0 Å². The molecule has 0 aliphatic carbocycles. The Balaban J connectivity index is 1.75. The van der Waals surface area contributed by atoms with Crippen LogP contribution in [0.15, 0.2) is 60.8 Å². The van der Waals surface area contributed by atoms with Crippen LogP contribution in [0.5, 0.6) is 0 Å². The minimum atomic E-state index is -0.381. The largest absolute Gasteiger partial charge is 0.363 e. The molecular weight excluding hydrogens is 422 g/mol. The summed E-state index contributed by atoms with van der Waals surface area (Å²) in [5, 5.41) is 28.1. The molecule has 9 heteroatoms. The molecule has 0 amide bonds. The van der Waals surface area contributed by atoms with Crippen molar-refractivity contribution in [1.82, 2.24) is 9.78 Å². The topological polar surface area (TPSA) is 107 Å². The number of nitro benzene ring substituents is 2. The summed E-state index contributed by atoms with van der Waals surface area (Å²) in [5.74, 6) is 0. The third-order valence-electron chi connectivity index (χ3n) is 5.78. The van der Waals surface area contributed by atoms with Gasteiger partial charge in [-0.2, -0.15) is 5.10 Å². The van der Waals surface area contributed by atoms with Crippen molar-refractivity contribution in [1.29, 1.82) is 0 Å². The van der Waals surface area contributed by atoms with Crippen LogP contribution in [-0.2, 0) is 20.1 Å². The smallest absolute Gasteiger partial charge is 0.272 e. The van der Waals surface area contributed by atoms with Crippen LogP contribution >= 0.6 is 0 Å². The van der Waals surface area contributed by atoms with E-state index >= 15 is 0 Å². The molecule has 0 atom stereocenters. The molecule has 0 saturated carbocycles. The van der Waals surface area contributed by atoms with E-state index in [0.29, 0.717) is 24.2 Å². The van der Waals surface area contributed by atoms with Crippen LogP contribution in [0.1, 0.15) is 22.3 Å². The number of aromatic nitrogens is 2. The minimum Gasteiger partial charge on any atom is -0.363 e. The van der Waals surface area contributed by atoms with Crippen molar-refractivity contribution < 1.29 is 9.85 Å². The molecule has 0 spiro atoms. The summed E-state index contributed by atoms with van der Waals surface area (Å²) in [7, 11) is 1.87. The highest BCUT2D eigenvalue weighted by molar-refractivity contribution is 5.82. The molecule has 4 aromatic rings. The van der Waals surface area contributed by atoms with Crippen molar-refractivity contribution in [2.75, 3.05) is 4.90 Å². The fourth-order valence-corrected chi connectivity index (χ4v) is 3.93. The van der Waals surface area contributed by atoms with Crippen LogP contribution in [0.2, 0.25) is 0 Å². The fourth-order valence-electron chi connectivity index (χ4n) is 3.93. The predicted molar refractivity (Wildman–Crippen MR) is 126 cm³/mol. The average Bonchev–Trinajstić information content (AvgIpc) is 3.15. The third kappa shape index (κ3) is 4.52. The number of hydrogen-bond acceptors (Lipinski definition) is 6. The molecule has 33 heavy (non-hydrogen) atoms. The zero-order chi connectivity index (χ0) is 23.7. The van der Waals surface area contributed by atoms with Gasteiger partial charge in [0.1, 0.15) is 0 Å². The number of aryl methyl sites for hydroxylation is 3. The van der Waals surface area contributed by atoms with E-state index in [0.717, 1.165) is 27.7 Å². The molecule has 0 aliphatic rings. The van der Waals surface area contributed by atoms with Crippen molar-refractivity contribution in [2.45, 2.75) is 26.9 Å². The first-order valence-corrected chi connectivity index (χ1v) is 10.4. The Morgan fingerprint density at radius 1 is 0.848 bits per heavy atom. The van der Waals surface area contributed by atoms with E-state index in [1.165, 1.54) is 0 Å². The second-order valence-corrected chi connectivity index (χ2v) is 8.12. The van der Waals surface area contributed by atoms with Crippen molar-refractivity contribution in [3.63, 3.8) is 0 Å². The van der Waals surface area contributed by atoms with Crippen LogP contribution in [0, 0.1) is 34.1 Å². The van der Waals surface area contributed by atoms with Crippen molar-refractivity contribution in [3.05, 3.63) is 103 Å². The highest BCUT2D eigenvalue weighted by Crippen LogP contribution is 2.28. The van der Waals surface area contributed by atoms with Gasteiger partial charge in [-0.25, -0.2) is 0 Å². The molecule has 0 N–H and O–H groups in total. The zero-order valence-electron chi connectivity index (χ0n) is 18.6. The number of benzene rings is 3. The molecule has 0 radical (unpaired) electrons. The molecule has 0 fully saturated rings. The Bertz CT molecular complexity index is 1310. The number of fused-ring (bicyclic) bond motifs is 1. The van der Waals surface area contributed by atoms with Crippen LogP contribution in [-0.4, -0.2) is 19.6 Å². The van der Waals surface area contributed by atoms with Gasteiger partial charge in [-0.05, 0) is 43.2 Å². The van der Waals surface area contributed by atoms with Crippen molar-refractivity contribution in [2.24, 2.45) is 7.05 Å². The summed E-state index contributed by atoms with van der Waals surface area (Å²) in [5.41, 5.74) is 4.77. The van der Waals surface area contributed by atoms with Crippen molar-refractivity contribution in [3.8, 4) is 0 Å². The van der Waals surface area contributed by atoms with Gasteiger partial charge in [-0.1, -0.05) is 24.3 Å². The van der Waals surface area contributed by atoms with Gasteiger partial charge in [0.25, 0.3) is 11.4 Å². The Kier molecular flexibility index (Phi) is 5.78. The lowest BCUT2D eigenvalue weighted by atomic mass is 10.1. The first kappa shape index (κ1) is 21.9. The van der Waals surface area contributed by atoms with Gasteiger partial charge in [0.05, 0.1) is 21.6 Å². The number of rotatable bonds is 7. The Labute approximate surface area is 190 Å². The molecule has 0 bridgehead atoms. The Morgan fingerprint density at radius 3 is 1.91 bits per heavy atom. The second-order valence-electron chi connectivity index (χ2n) is 8.12. The zero-order valence-corrected chi connectivity index (χ0v) is 18.6. The summed E-state index contributed by atoms with van der Waals surface area (Å²) >= 11 is 0. The normalized spacial score (nSPS) is 11.0. The maximum absolute atomic E-state index is 11.4. The molecule has 1 aromatic heterocycles.